The van der Waals surface area contributed by atoms with Crippen LogP contribution >= 0.6 is 0 Å². The molecule has 6 heteroatoms. The number of carbonyl (C=O) groups excluding carboxylic acids is 1. The molecule has 0 bridgehead atoms. The first-order chi connectivity index (χ1) is 13.5. The molecule has 2 aromatic carbocycles. The fourth-order valence-electron chi connectivity index (χ4n) is 3.24. The molecule has 0 unspecified atom stereocenters. The van der Waals surface area contributed by atoms with Gasteiger partial charge in [0.05, 0.1) is 31.1 Å². The van der Waals surface area contributed by atoms with Gasteiger partial charge in [-0.1, -0.05) is 18.2 Å². The van der Waals surface area contributed by atoms with Crippen molar-refractivity contribution in [3.63, 3.8) is 0 Å². The summed E-state index contributed by atoms with van der Waals surface area (Å²) in [6.07, 6.45) is 0. The first-order valence-corrected chi connectivity index (χ1v) is 9.72. The molecule has 2 aromatic rings. The third kappa shape index (κ3) is 5.16. The highest BCUT2D eigenvalue weighted by atomic mass is 16.5. The zero-order valence-corrected chi connectivity index (χ0v) is 16.9. The predicted molar refractivity (Wildman–Crippen MR) is 113 cm³/mol. The maximum atomic E-state index is 12.3. The normalized spacial score (nSPS) is 13.9. The van der Waals surface area contributed by atoms with Crippen molar-refractivity contribution in [1.29, 1.82) is 0 Å². The Bertz CT molecular complexity index is 817. The summed E-state index contributed by atoms with van der Waals surface area (Å²) in [6, 6.07) is 11.8. The summed E-state index contributed by atoms with van der Waals surface area (Å²) < 4.78 is 11.2. The lowest BCUT2D eigenvalue weighted by atomic mass is 10.1. The number of urea groups is 1. The molecule has 2 N–H and O–H groups in total. The van der Waals surface area contributed by atoms with Crippen LogP contribution in [-0.4, -0.2) is 45.5 Å². The van der Waals surface area contributed by atoms with Crippen molar-refractivity contribution in [2.24, 2.45) is 0 Å². The average Bonchev–Trinajstić information content (AvgIpc) is 2.70. The van der Waals surface area contributed by atoms with Crippen LogP contribution in [0.4, 0.5) is 16.2 Å². The van der Waals surface area contributed by atoms with Crippen molar-refractivity contribution >= 4 is 17.4 Å². The van der Waals surface area contributed by atoms with Crippen molar-refractivity contribution in [1.82, 2.24) is 5.32 Å². The van der Waals surface area contributed by atoms with Crippen molar-refractivity contribution in [2.45, 2.75) is 20.8 Å². The van der Waals surface area contributed by atoms with Gasteiger partial charge in [-0.15, -0.1) is 0 Å². The maximum Gasteiger partial charge on any atom is 0.319 e. The predicted octanol–water partition coefficient (Wildman–Crippen LogP) is 3.65. The van der Waals surface area contributed by atoms with Gasteiger partial charge in [0.25, 0.3) is 0 Å². The van der Waals surface area contributed by atoms with Gasteiger partial charge in [0.15, 0.2) is 0 Å². The number of nitrogens with zero attached hydrogens (tertiary/aromatic N) is 1. The molecular formula is C22H29N3O3. The second kappa shape index (κ2) is 9.46. The third-order valence-corrected chi connectivity index (χ3v) is 4.94. The van der Waals surface area contributed by atoms with E-state index < -0.39 is 0 Å². The van der Waals surface area contributed by atoms with Crippen LogP contribution in [0.2, 0.25) is 0 Å². The Kier molecular flexibility index (Phi) is 6.76. The van der Waals surface area contributed by atoms with Crippen molar-refractivity contribution in [3.05, 3.63) is 53.1 Å². The monoisotopic (exact) mass is 383 g/mol. The molecule has 1 aliphatic rings. The number of nitrogens with one attached hydrogen (secondary N) is 2. The van der Waals surface area contributed by atoms with Gasteiger partial charge in [-0.05, 0) is 55.7 Å². The lowest BCUT2D eigenvalue weighted by molar-refractivity contribution is 0.123. The number of benzene rings is 2. The zero-order valence-electron chi connectivity index (χ0n) is 16.9. The smallest absolute Gasteiger partial charge is 0.319 e. The zero-order chi connectivity index (χ0) is 19.9. The van der Waals surface area contributed by atoms with Crippen LogP contribution < -0.4 is 20.3 Å². The molecule has 1 saturated heterocycles. The number of aryl methyl sites for hydroxylation is 3. The molecule has 3 rings (SSSR count). The van der Waals surface area contributed by atoms with Crippen LogP contribution in [0.15, 0.2) is 36.4 Å². The van der Waals surface area contributed by atoms with Crippen LogP contribution in [0.25, 0.3) is 0 Å². The number of rotatable bonds is 6. The minimum absolute atomic E-state index is 0.235. The Morgan fingerprint density at radius 2 is 1.79 bits per heavy atom. The molecule has 2 amide bonds. The molecule has 1 aliphatic heterocycles. The van der Waals surface area contributed by atoms with Crippen molar-refractivity contribution in [2.75, 3.05) is 49.7 Å². The third-order valence-electron chi connectivity index (χ3n) is 4.94. The van der Waals surface area contributed by atoms with Crippen LogP contribution in [0.3, 0.4) is 0 Å². The van der Waals surface area contributed by atoms with E-state index in [0.717, 1.165) is 35.8 Å². The highest BCUT2D eigenvalue weighted by Crippen LogP contribution is 2.26. The van der Waals surface area contributed by atoms with E-state index in [9.17, 15) is 4.79 Å². The van der Waals surface area contributed by atoms with Gasteiger partial charge >= 0.3 is 6.03 Å². The van der Waals surface area contributed by atoms with E-state index in [-0.39, 0.29) is 6.03 Å². The van der Waals surface area contributed by atoms with E-state index in [1.54, 1.807) is 0 Å². The van der Waals surface area contributed by atoms with Crippen LogP contribution in [0.5, 0.6) is 5.75 Å². The van der Waals surface area contributed by atoms with Gasteiger partial charge < -0.3 is 25.0 Å². The fraction of sp³-hybridized carbons (Fsp3) is 0.409. The molecule has 1 heterocycles. The fourth-order valence-corrected chi connectivity index (χ4v) is 3.24. The Morgan fingerprint density at radius 3 is 2.57 bits per heavy atom. The molecule has 1 fully saturated rings. The first-order valence-electron chi connectivity index (χ1n) is 9.72. The molecule has 0 atom stereocenters. The SMILES string of the molecule is Cc1cc(C)c(OCCNC(=O)Nc2ccccc2N2CCOCC2)cc1C. The molecule has 0 spiro atoms. The topological polar surface area (TPSA) is 62.8 Å². The average molecular weight is 383 g/mol. The number of hydrogen-bond acceptors (Lipinski definition) is 4. The summed E-state index contributed by atoms with van der Waals surface area (Å²) in [6.45, 7) is 10.1. The number of para-hydroxylation sites is 2. The summed E-state index contributed by atoms with van der Waals surface area (Å²) >= 11 is 0. The summed E-state index contributed by atoms with van der Waals surface area (Å²) in [5.74, 6) is 0.864. The molecular weight excluding hydrogens is 354 g/mol. The molecule has 0 saturated carbocycles. The number of morpholine rings is 1. The van der Waals surface area contributed by atoms with E-state index in [0.29, 0.717) is 26.4 Å². The van der Waals surface area contributed by atoms with Crippen LogP contribution in [0.1, 0.15) is 16.7 Å². The second-order valence-corrected chi connectivity index (χ2v) is 7.05. The summed E-state index contributed by atoms with van der Waals surface area (Å²) in [4.78, 5) is 14.5. The molecule has 0 aromatic heterocycles. The Balaban J connectivity index is 1.49. The number of hydrogen-bond donors (Lipinski definition) is 2. The van der Waals surface area contributed by atoms with E-state index in [2.05, 4.69) is 35.4 Å². The van der Waals surface area contributed by atoms with Gasteiger partial charge in [-0.3, -0.25) is 0 Å². The lowest BCUT2D eigenvalue weighted by Crippen LogP contribution is -2.37. The van der Waals surface area contributed by atoms with Gasteiger partial charge in [0, 0.05) is 13.1 Å². The highest BCUT2D eigenvalue weighted by Gasteiger charge is 2.15. The minimum atomic E-state index is -0.235. The largest absolute Gasteiger partial charge is 0.491 e. The van der Waals surface area contributed by atoms with Gasteiger partial charge in [-0.25, -0.2) is 4.79 Å². The maximum absolute atomic E-state index is 12.3. The Hall–Kier alpha value is -2.73. The van der Waals surface area contributed by atoms with Gasteiger partial charge in [-0.2, -0.15) is 0 Å². The van der Waals surface area contributed by atoms with Crippen molar-refractivity contribution in [3.8, 4) is 5.75 Å². The van der Waals surface area contributed by atoms with Crippen molar-refractivity contribution < 1.29 is 14.3 Å². The van der Waals surface area contributed by atoms with E-state index in [1.165, 1.54) is 11.1 Å². The van der Waals surface area contributed by atoms with Gasteiger partial charge in [0.2, 0.25) is 0 Å². The molecule has 6 nitrogen and oxygen atoms in total. The Morgan fingerprint density at radius 1 is 1.07 bits per heavy atom. The Labute approximate surface area is 166 Å². The first kappa shape index (κ1) is 20.0. The molecule has 0 aliphatic carbocycles. The number of carbonyl (C=O) groups is 1. The number of amides is 2. The number of ether oxygens (including phenoxy) is 2. The standard InChI is InChI=1S/C22H29N3O3/c1-16-14-18(3)21(15-17(16)2)28-11-8-23-22(26)24-19-6-4-5-7-20(19)25-9-12-27-13-10-25/h4-7,14-15H,8-13H2,1-3H3,(H2,23,24,26). The quantitative estimate of drug-likeness (QED) is 0.748. The summed E-state index contributed by atoms with van der Waals surface area (Å²) in [5.41, 5.74) is 5.37. The van der Waals surface area contributed by atoms with Gasteiger partial charge in [0.1, 0.15) is 12.4 Å². The minimum Gasteiger partial charge on any atom is -0.491 e. The van der Waals surface area contributed by atoms with Crippen LogP contribution in [0, 0.1) is 20.8 Å². The molecule has 150 valence electrons. The van der Waals surface area contributed by atoms with E-state index in [1.807, 2.05) is 37.3 Å². The van der Waals surface area contributed by atoms with E-state index in [4.69, 9.17) is 9.47 Å². The van der Waals surface area contributed by atoms with Crippen LogP contribution in [-0.2, 0) is 4.74 Å². The molecule has 0 radical (unpaired) electrons. The second-order valence-electron chi connectivity index (χ2n) is 7.05. The lowest BCUT2D eigenvalue weighted by Gasteiger charge is -2.30. The summed E-state index contributed by atoms with van der Waals surface area (Å²) in [7, 11) is 0. The number of anilines is 2. The summed E-state index contributed by atoms with van der Waals surface area (Å²) in [5, 5.41) is 5.81. The van der Waals surface area contributed by atoms with E-state index >= 15 is 0 Å². The highest BCUT2D eigenvalue weighted by molar-refractivity contribution is 5.93. The molecule has 28 heavy (non-hydrogen) atoms.